The molecule has 5 heteroatoms. The smallest absolute Gasteiger partial charge is 0.256 e. The van der Waals surface area contributed by atoms with Crippen molar-refractivity contribution in [2.75, 3.05) is 19.6 Å². The Bertz CT molecular complexity index is 624. The first-order valence-electron chi connectivity index (χ1n) is 7.82. The first-order valence-corrected chi connectivity index (χ1v) is 7.82. The van der Waals surface area contributed by atoms with E-state index in [1.54, 1.807) is 0 Å². The lowest BCUT2D eigenvalue weighted by Crippen LogP contribution is -2.40. The first kappa shape index (κ1) is 14.8. The lowest BCUT2D eigenvalue weighted by atomic mass is 10.1. The minimum absolute atomic E-state index is 0.122. The van der Waals surface area contributed by atoms with E-state index in [-0.39, 0.29) is 5.91 Å². The van der Waals surface area contributed by atoms with Crippen molar-refractivity contribution in [3.63, 3.8) is 0 Å². The van der Waals surface area contributed by atoms with E-state index in [1.807, 2.05) is 30.3 Å². The molecule has 0 radical (unpaired) electrons. The molecule has 1 amide bonds. The summed E-state index contributed by atoms with van der Waals surface area (Å²) >= 11 is 0. The van der Waals surface area contributed by atoms with Crippen LogP contribution in [-0.4, -0.2) is 41.6 Å². The number of likely N-dealkylation sites (tertiary alicyclic amines) is 1. The number of benzene rings is 1. The third-order valence-corrected chi connectivity index (χ3v) is 4.25. The number of hydrogen-bond acceptors (Lipinski definition) is 4. The lowest BCUT2D eigenvalue weighted by Gasteiger charge is -2.22. The van der Waals surface area contributed by atoms with Crippen molar-refractivity contribution >= 4 is 5.91 Å². The molecule has 22 heavy (non-hydrogen) atoms. The third-order valence-electron chi connectivity index (χ3n) is 4.25. The van der Waals surface area contributed by atoms with Gasteiger partial charge in [-0.05, 0) is 25.9 Å². The van der Waals surface area contributed by atoms with E-state index in [9.17, 15) is 4.79 Å². The van der Waals surface area contributed by atoms with Gasteiger partial charge >= 0.3 is 0 Å². The van der Waals surface area contributed by atoms with Crippen molar-refractivity contribution in [2.24, 2.45) is 0 Å². The first-order chi connectivity index (χ1) is 10.8. The minimum Gasteiger partial charge on any atom is -0.355 e. The number of carbonyl (C=O) groups is 1. The topological polar surface area (TPSA) is 58.4 Å². The van der Waals surface area contributed by atoms with Crippen LogP contribution < -0.4 is 5.32 Å². The van der Waals surface area contributed by atoms with Gasteiger partial charge in [-0.15, -0.1) is 0 Å². The molecule has 0 saturated carbocycles. The van der Waals surface area contributed by atoms with Crippen LogP contribution in [0.2, 0.25) is 0 Å². The van der Waals surface area contributed by atoms with Gasteiger partial charge < -0.3 is 9.84 Å². The predicted octanol–water partition coefficient (Wildman–Crippen LogP) is 2.56. The molecule has 1 aromatic heterocycles. The monoisotopic (exact) mass is 299 g/mol. The Morgan fingerprint density at radius 3 is 3.00 bits per heavy atom. The molecule has 2 heterocycles. The van der Waals surface area contributed by atoms with Crippen molar-refractivity contribution in [2.45, 2.75) is 25.8 Å². The Kier molecular flexibility index (Phi) is 4.53. The standard InChI is InChI=1S/C17H21N3O2/c1-2-20-10-6-9-14(20)11-18-17(21)15-12-19-22-16(15)13-7-4-3-5-8-13/h3-5,7-8,12,14H,2,6,9-11H2,1H3,(H,18,21). The van der Waals surface area contributed by atoms with E-state index in [4.69, 9.17) is 4.52 Å². The van der Waals surface area contributed by atoms with Gasteiger partial charge in [0.1, 0.15) is 5.56 Å². The number of likely N-dealkylation sites (N-methyl/N-ethyl adjacent to an activating group) is 1. The zero-order valence-electron chi connectivity index (χ0n) is 12.8. The second-order valence-corrected chi connectivity index (χ2v) is 5.57. The third kappa shape index (κ3) is 3.04. The fourth-order valence-corrected chi connectivity index (χ4v) is 3.05. The molecule has 1 N–H and O–H groups in total. The lowest BCUT2D eigenvalue weighted by molar-refractivity contribution is 0.0941. The number of aromatic nitrogens is 1. The highest BCUT2D eigenvalue weighted by atomic mass is 16.5. The highest BCUT2D eigenvalue weighted by Gasteiger charge is 2.24. The number of nitrogens with one attached hydrogen (secondary N) is 1. The molecule has 1 aliphatic heterocycles. The zero-order valence-corrected chi connectivity index (χ0v) is 12.8. The Hall–Kier alpha value is -2.14. The Balaban J connectivity index is 1.67. The van der Waals surface area contributed by atoms with Crippen LogP contribution >= 0.6 is 0 Å². The summed E-state index contributed by atoms with van der Waals surface area (Å²) < 4.78 is 5.26. The van der Waals surface area contributed by atoms with Crippen LogP contribution in [0.1, 0.15) is 30.1 Å². The maximum Gasteiger partial charge on any atom is 0.256 e. The summed E-state index contributed by atoms with van der Waals surface area (Å²) in [5.74, 6) is 0.403. The molecular weight excluding hydrogens is 278 g/mol. The van der Waals surface area contributed by atoms with Crippen molar-refractivity contribution in [3.05, 3.63) is 42.1 Å². The fourth-order valence-electron chi connectivity index (χ4n) is 3.05. The fraction of sp³-hybridized carbons (Fsp3) is 0.412. The van der Waals surface area contributed by atoms with Gasteiger partial charge in [-0.1, -0.05) is 42.4 Å². The van der Waals surface area contributed by atoms with Gasteiger partial charge in [-0.3, -0.25) is 9.69 Å². The highest BCUT2D eigenvalue weighted by molar-refractivity contribution is 5.99. The van der Waals surface area contributed by atoms with Crippen LogP contribution in [0.15, 0.2) is 41.1 Å². The average Bonchev–Trinajstić information content (AvgIpc) is 3.22. The molecule has 0 spiro atoms. The SMILES string of the molecule is CCN1CCCC1CNC(=O)c1cnoc1-c1ccccc1. The summed E-state index contributed by atoms with van der Waals surface area (Å²) in [6, 6.07) is 10.0. The Morgan fingerprint density at radius 1 is 1.41 bits per heavy atom. The Morgan fingerprint density at radius 2 is 2.23 bits per heavy atom. The van der Waals surface area contributed by atoms with Gasteiger partial charge in [0.2, 0.25) is 0 Å². The summed E-state index contributed by atoms with van der Waals surface area (Å²) in [6.07, 6.45) is 3.84. The zero-order chi connectivity index (χ0) is 15.4. The van der Waals surface area contributed by atoms with Crippen LogP contribution in [-0.2, 0) is 0 Å². The molecule has 1 fully saturated rings. The molecule has 0 aliphatic carbocycles. The molecule has 2 aromatic rings. The normalized spacial score (nSPS) is 18.5. The van der Waals surface area contributed by atoms with E-state index in [1.165, 1.54) is 12.6 Å². The summed E-state index contributed by atoms with van der Waals surface area (Å²) in [4.78, 5) is 14.8. The second-order valence-electron chi connectivity index (χ2n) is 5.57. The van der Waals surface area contributed by atoms with Crippen molar-refractivity contribution < 1.29 is 9.32 Å². The number of amides is 1. The molecule has 3 rings (SSSR count). The van der Waals surface area contributed by atoms with E-state index in [0.29, 0.717) is 23.9 Å². The van der Waals surface area contributed by atoms with Crippen LogP contribution in [0.5, 0.6) is 0 Å². The van der Waals surface area contributed by atoms with E-state index >= 15 is 0 Å². The average molecular weight is 299 g/mol. The van der Waals surface area contributed by atoms with E-state index in [0.717, 1.165) is 25.1 Å². The van der Waals surface area contributed by atoms with Gasteiger partial charge in [-0.2, -0.15) is 0 Å². The molecule has 0 bridgehead atoms. The molecular formula is C17H21N3O2. The molecule has 5 nitrogen and oxygen atoms in total. The number of nitrogens with zero attached hydrogens (tertiary/aromatic N) is 2. The van der Waals surface area contributed by atoms with Crippen molar-refractivity contribution in [1.29, 1.82) is 0 Å². The summed E-state index contributed by atoms with van der Waals surface area (Å²) in [7, 11) is 0. The van der Waals surface area contributed by atoms with E-state index < -0.39 is 0 Å². The second kappa shape index (κ2) is 6.75. The van der Waals surface area contributed by atoms with Gasteiger partial charge in [0.05, 0.1) is 6.20 Å². The van der Waals surface area contributed by atoms with Gasteiger partial charge in [-0.25, -0.2) is 0 Å². The van der Waals surface area contributed by atoms with Crippen molar-refractivity contribution in [1.82, 2.24) is 15.4 Å². The van der Waals surface area contributed by atoms with Gasteiger partial charge in [0, 0.05) is 18.2 Å². The molecule has 1 atom stereocenters. The van der Waals surface area contributed by atoms with Gasteiger partial charge in [0.25, 0.3) is 5.91 Å². The van der Waals surface area contributed by atoms with Crippen LogP contribution in [0, 0.1) is 0 Å². The number of rotatable bonds is 5. The number of hydrogen-bond donors (Lipinski definition) is 1. The minimum atomic E-state index is -0.122. The van der Waals surface area contributed by atoms with E-state index in [2.05, 4.69) is 22.3 Å². The van der Waals surface area contributed by atoms with Crippen molar-refractivity contribution in [3.8, 4) is 11.3 Å². The highest BCUT2D eigenvalue weighted by Crippen LogP contribution is 2.23. The van der Waals surface area contributed by atoms with Crippen LogP contribution in [0.4, 0.5) is 0 Å². The quantitative estimate of drug-likeness (QED) is 0.922. The maximum absolute atomic E-state index is 12.4. The summed E-state index contributed by atoms with van der Waals surface area (Å²) in [5, 5.41) is 6.81. The predicted molar refractivity (Wildman–Crippen MR) is 84.5 cm³/mol. The molecule has 116 valence electrons. The van der Waals surface area contributed by atoms with Gasteiger partial charge in [0.15, 0.2) is 5.76 Å². The number of carbonyl (C=O) groups excluding carboxylic acids is 1. The molecule has 1 aromatic carbocycles. The largest absolute Gasteiger partial charge is 0.355 e. The molecule has 1 saturated heterocycles. The van der Waals surface area contributed by atoms with Crippen LogP contribution in [0.3, 0.4) is 0 Å². The Labute approximate surface area is 130 Å². The summed E-state index contributed by atoms with van der Waals surface area (Å²) in [6.45, 7) is 4.99. The van der Waals surface area contributed by atoms with Crippen LogP contribution in [0.25, 0.3) is 11.3 Å². The maximum atomic E-state index is 12.4. The molecule has 1 unspecified atom stereocenters. The molecule has 1 aliphatic rings. The summed E-state index contributed by atoms with van der Waals surface area (Å²) in [5.41, 5.74) is 1.36.